The number of ether oxygens (including phenoxy) is 4. The molecular formula is C49H59IN8O10S2. The molecule has 0 bridgehead atoms. The Morgan fingerprint density at radius 1 is 0.929 bits per heavy atom. The molecule has 2 aromatic carbocycles. The third kappa shape index (κ3) is 12.7. The van der Waals surface area contributed by atoms with Crippen LogP contribution in [0, 0.1) is 18.3 Å². The Kier molecular flexibility index (Phi) is 16.6. The van der Waals surface area contributed by atoms with Crippen molar-refractivity contribution in [2.45, 2.75) is 117 Å². The SMILES string of the molecule is COc1ccc(COC(=O)C2=C(C[n+]3ccc4n3CCN4Cc3ccc(C(=N)NC(=O)OC(C)(C)C)cc3)CS[C@@H]3[C@H](CC(=O)/C(=N\OC(C)(C)C(=O)OC(C)(C)C)c4csc(C)n4)C(=O)N23)cc1.[I-]. The molecule has 7 rings (SSSR count). The summed E-state index contributed by atoms with van der Waals surface area (Å²) in [6, 6.07) is 16.6. The van der Waals surface area contributed by atoms with Crippen LogP contribution >= 0.6 is 23.1 Å². The Morgan fingerprint density at radius 2 is 1.60 bits per heavy atom. The third-order valence-electron chi connectivity index (χ3n) is 11.1. The van der Waals surface area contributed by atoms with Gasteiger partial charge >= 0.3 is 18.0 Å². The second-order valence-electron chi connectivity index (χ2n) is 19.3. The monoisotopic (exact) mass is 1110 g/mol. The van der Waals surface area contributed by atoms with Gasteiger partial charge in [-0.05, 0) is 85.6 Å². The van der Waals surface area contributed by atoms with E-state index in [9.17, 15) is 24.0 Å². The number of hydrogen-bond donors (Lipinski definition) is 2. The standard InChI is InChI=1S/C49H58N8O10S2.HI/c1-29-51-36(28-68-29)39(53-67-49(8,9)45(61)65-47(2,3)4)37(58)23-35-42(59)57-40(44(60)64-26-31-13-17-34(63-10)18-14-31)33(27-69-43(35)57)25-55-20-19-38-54(21-22-56(38)55)24-30-11-15-32(16-12-30)41(50)52-46(62)66-48(5,6)7;/h11-20,28,35,43H,21-27H2,1-10H3,(H-,50,52,62);1H/b53-39-;/t35-,43-;/m1./s1. The van der Waals surface area contributed by atoms with Crippen LogP contribution in [0.15, 0.2) is 82.6 Å². The van der Waals surface area contributed by atoms with Crippen LogP contribution < -0.4 is 43.6 Å². The number of nitrogens with one attached hydrogen (secondary N) is 2. The van der Waals surface area contributed by atoms with Gasteiger partial charge in [-0.3, -0.25) is 25.2 Å². The number of oxime groups is 1. The number of rotatable bonds is 16. The number of amidine groups is 1. The highest BCUT2D eigenvalue weighted by molar-refractivity contribution is 8.00. The topological polar surface area (TPSA) is 208 Å². The first-order valence-electron chi connectivity index (χ1n) is 22.4. The number of benzene rings is 2. The van der Waals surface area contributed by atoms with E-state index in [4.69, 9.17) is 29.2 Å². The molecule has 5 heterocycles. The second-order valence-corrected chi connectivity index (χ2v) is 21.5. The summed E-state index contributed by atoms with van der Waals surface area (Å²) < 4.78 is 26.1. The molecule has 21 heteroatoms. The molecule has 2 N–H and O–H groups in total. The Balaban J connectivity index is 0.00000804. The molecule has 0 spiro atoms. The van der Waals surface area contributed by atoms with Crippen molar-refractivity contribution in [2.75, 3.05) is 24.3 Å². The molecule has 4 aromatic rings. The number of aryl methyl sites for hydroxylation is 1. The summed E-state index contributed by atoms with van der Waals surface area (Å²) in [4.78, 5) is 81.8. The predicted octanol–water partition coefficient (Wildman–Crippen LogP) is 3.45. The predicted molar refractivity (Wildman–Crippen MR) is 259 cm³/mol. The minimum Gasteiger partial charge on any atom is -1.00 e. The minimum absolute atomic E-state index is 0. The Hall–Kier alpha value is -5.81. The van der Waals surface area contributed by atoms with E-state index < -0.39 is 57.8 Å². The Labute approximate surface area is 432 Å². The van der Waals surface area contributed by atoms with E-state index in [0.717, 1.165) is 23.5 Å². The van der Waals surface area contributed by atoms with Gasteiger partial charge in [0, 0.05) is 41.8 Å². The Bertz CT molecular complexity index is 2700. The number of fused-ring (bicyclic) bond motifs is 2. The lowest BCUT2D eigenvalue weighted by Crippen LogP contribution is -3.00. The van der Waals surface area contributed by atoms with Crippen LogP contribution in [0.2, 0.25) is 0 Å². The van der Waals surface area contributed by atoms with Gasteiger partial charge in [0.25, 0.3) is 0 Å². The number of alkyl carbamates (subject to hydrolysis) is 1. The summed E-state index contributed by atoms with van der Waals surface area (Å²) >= 11 is 2.78. The van der Waals surface area contributed by atoms with E-state index in [0.29, 0.717) is 47.3 Å². The number of carbonyl (C=O) groups excluding carboxylic acids is 5. The van der Waals surface area contributed by atoms with E-state index in [1.54, 1.807) is 97.4 Å². The number of hydrogen-bond acceptors (Lipinski definition) is 16. The Morgan fingerprint density at radius 3 is 2.23 bits per heavy atom. The lowest BCUT2D eigenvalue weighted by molar-refractivity contribution is -0.766. The van der Waals surface area contributed by atoms with Crippen LogP contribution in [0.5, 0.6) is 5.75 Å². The van der Waals surface area contributed by atoms with Crippen LogP contribution in [-0.4, -0.2) is 97.4 Å². The largest absolute Gasteiger partial charge is 1.00 e. The highest BCUT2D eigenvalue weighted by atomic mass is 127. The number of thiazole rings is 1. The minimum atomic E-state index is -1.55. The van der Waals surface area contributed by atoms with E-state index in [1.807, 2.05) is 29.1 Å². The maximum Gasteiger partial charge on any atom is 0.413 e. The number of anilines is 1. The number of thioether (sulfide) groups is 1. The van der Waals surface area contributed by atoms with Gasteiger partial charge in [-0.2, -0.15) is 0 Å². The van der Waals surface area contributed by atoms with Crippen LogP contribution in [0.3, 0.4) is 0 Å². The number of β-lactam (4-membered cyclic amide) rings is 1. The van der Waals surface area contributed by atoms with Gasteiger partial charge in [0.1, 0.15) is 40.8 Å². The zero-order chi connectivity index (χ0) is 50.0. The van der Waals surface area contributed by atoms with Crippen molar-refractivity contribution in [1.82, 2.24) is 19.9 Å². The van der Waals surface area contributed by atoms with E-state index in [-0.39, 0.29) is 59.9 Å². The van der Waals surface area contributed by atoms with Crippen molar-refractivity contribution < 1.29 is 76.4 Å². The van der Waals surface area contributed by atoms with Gasteiger partial charge < -0.3 is 52.7 Å². The first-order chi connectivity index (χ1) is 32.5. The molecule has 70 heavy (non-hydrogen) atoms. The molecule has 0 unspecified atom stereocenters. The van der Waals surface area contributed by atoms with Crippen molar-refractivity contribution >= 4 is 70.2 Å². The first kappa shape index (κ1) is 53.5. The van der Waals surface area contributed by atoms with Gasteiger partial charge in [0.2, 0.25) is 11.5 Å². The van der Waals surface area contributed by atoms with Crippen LogP contribution in [0.1, 0.15) is 89.2 Å². The fraction of sp³-hybridized carbons (Fsp3) is 0.449. The number of methoxy groups -OCH3 is 1. The molecule has 2 amide bonds. The average Bonchev–Trinajstić information content (AvgIpc) is 4.01. The van der Waals surface area contributed by atoms with Gasteiger partial charge in [-0.25, -0.2) is 19.4 Å². The van der Waals surface area contributed by atoms with E-state index >= 15 is 0 Å². The van der Waals surface area contributed by atoms with Crippen LogP contribution in [0.4, 0.5) is 10.6 Å². The lowest BCUT2D eigenvalue weighted by atomic mass is 9.89. The summed E-state index contributed by atoms with van der Waals surface area (Å²) in [5.41, 5.74) is 0.230. The molecule has 3 aliphatic rings. The third-order valence-corrected chi connectivity index (χ3v) is 13.3. The smallest absolute Gasteiger partial charge is 0.413 e. The van der Waals surface area contributed by atoms with E-state index in [2.05, 4.69) is 25.0 Å². The molecule has 3 aliphatic heterocycles. The maximum absolute atomic E-state index is 14.3. The summed E-state index contributed by atoms with van der Waals surface area (Å²) in [5, 5.41) is 16.8. The fourth-order valence-electron chi connectivity index (χ4n) is 7.74. The number of aromatic nitrogens is 3. The zero-order valence-corrected chi connectivity index (χ0v) is 44.7. The number of esters is 2. The molecule has 0 saturated carbocycles. The number of carbonyl (C=O) groups is 5. The van der Waals surface area contributed by atoms with Gasteiger partial charge in [-0.15, -0.1) is 32.5 Å². The van der Waals surface area contributed by atoms with Crippen LogP contribution in [0.25, 0.3) is 0 Å². The maximum atomic E-state index is 14.3. The van der Waals surface area contributed by atoms with Crippen molar-refractivity contribution in [3.05, 3.63) is 105 Å². The molecular weight excluding hydrogens is 1050 g/mol. The molecule has 374 valence electrons. The van der Waals surface area contributed by atoms with Gasteiger partial charge in [0.05, 0.1) is 36.0 Å². The molecule has 0 radical (unpaired) electrons. The number of nitrogens with zero attached hydrogens (tertiary/aromatic N) is 6. The normalized spacial score (nSPS) is 16.9. The van der Waals surface area contributed by atoms with E-state index in [1.165, 1.54) is 41.8 Å². The molecule has 2 aromatic heterocycles. The summed E-state index contributed by atoms with van der Waals surface area (Å²) in [6.45, 7) is 17.5. The number of Topliss-reactive ketones (excluding diaryl/α,β-unsaturated/α-hetero) is 1. The summed E-state index contributed by atoms with van der Waals surface area (Å²) in [7, 11) is 1.57. The van der Waals surface area contributed by atoms with Crippen molar-refractivity contribution in [1.29, 1.82) is 5.41 Å². The van der Waals surface area contributed by atoms with Crippen LogP contribution in [-0.2, 0) is 64.5 Å². The number of halogens is 1. The summed E-state index contributed by atoms with van der Waals surface area (Å²) in [6.07, 6.45) is 1.02. The fourth-order valence-corrected chi connectivity index (χ4v) is 9.74. The summed E-state index contributed by atoms with van der Waals surface area (Å²) in [5.74, 6) is -1.09. The van der Waals surface area contributed by atoms with Gasteiger partial charge in [-0.1, -0.05) is 41.6 Å². The molecule has 1 saturated heterocycles. The molecule has 0 aliphatic carbocycles. The highest BCUT2D eigenvalue weighted by Crippen LogP contribution is 2.46. The van der Waals surface area contributed by atoms with Crippen molar-refractivity contribution in [2.24, 2.45) is 11.1 Å². The molecule has 18 nitrogen and oxygen atoms in total. The van der Waals surface area contributed by atoms with Crippen molar-refractivity contribution in [3.63, 3.8) is 0 Å². The second kappa shape index (κ2) is 21.7. The number of amides is 2. The van der Waals surface area contributed by atoms with Crippen molar-refractivity contribution in [3.8, 4) is 5.75 Å². The number of ketones is 1. The molecule has 1 fully saturated rings. The lowest BCUT2D eigenvalue weighted by Gasteiger charge is -2.49. The molecule has 2 atom stereocenters. The first-order valence-corrected chi connectivity index (χ1v) is 24.4. The quantitative estimate of drug-likeness (QED) is 0.0241. The van der Waals surface area contributed by atoms with Gasteiger partial charge in [0.15, 0.2) is 30.1 Å². The zero-order valence-electron chi connectivity index (χ0n) is 40.9. The average molecular weight is 1110 g/mol. The highest BCUT2D eigenvalue weighted by Gasteiger charge is 2.55.